The Bertz CT molecular complexity index is 992. The zero-order chi connectivity index (χ0) is 19.4. The summed E-state index contributed by atoms with van der Waals surface area (Å²) in [7, 11) is 1.41. The van der Waals surface area contributed by atoms with Crippen LogP contribution in [0.4, 0.5) is 17.3 Å². The second-order valence-electron chi connectivity index (χ2n) is 5.20. The van der Waals surface area contributed by atoms with Crippen LogP contribution < -0.4 is 15.4 Å². The lowest BCUT2D eigenvalue weighted by atomic mass is 10.2. The van der Waals surface area contributed by atoms with Gasteiger partial charge in [0.25, 0.3) is 11.8 Å². The molecule has 3 aromatic rings. The van der Waals surface area contributed by atoms with Crippen LogP contribution >= 0.6 is 0 Å². The molecule has 138 valence electrons. The fourth-order valence-electron chi connectivity index (χ4n) is 2.22. The Hall–Kier alpha value is -4.08. The molecule has 0 aliphatic carbocycles. The van der Waals surface area contributed by atoms with Crippen molar-refractivity contribution in [1.82, 2.24) is 0 Å². The van der Waals surface area contributed by atoms with Gasteiger partial charge in [0.05, 0.1) is 25.1 Å². The number of furan rings is 2. The van der Waals surface area contributed by atoms with Gasteiger partial charge in [0.15, 0.2) is 11.5 Å². The topological polar surface area (TPSA) is 137 Å². The van der Waals surface area contributed by atoms with E-state index in [0.29, 0.717) is 11.4 Å². The Morgan fingerprint density at radius 2 is 1.85 bits per heavy atom. The summed E-state index contributed by atoms with van der Waals surface area (Å²) in [5, 5.41) is 15.8. The molecule has 0 bridgehead atoms. The van der Waals surface area contributed by atoms with Crippen LogP contribution in [0.1, 0.15) is 21.1 Å². The number of benzene rings is 1. The highest BCUT2D eigenvalue weighted by Gasteiger charge is 2.19. The summed E-state index contributed by atoms with van der Waals surface area (Å²) < 4.78 is 15.0. The Labute approximate surface area is 151 Å². The molecule has 0 unspecified atom stereocenters. The van der Waals surface area contributed by atoms with E-state index in [-0.39, 0.29) is 17.2 Å². The first-order valence-electron chi connectivity index (χ1n) is 7.56. The summed E-state index contributed by atoms with van der Waals surface area (Å²) in [6.07, 6.45) is 1.37. The lowest BCUT2D eigenvalue weighted by Gasteiger charge is -2.12. The predicted molar refractivity (Wildman–Crippen MR) is 93.0 cm³/mol. The molecule has 0 saturated carbocycles. The molecule has 0 spiro atoms. The third kappa shape index (κ3) is 3.95. The highest BCUT2D eigenvalue weighted by atomic mass is 16.6. The van der Waals surface area contributed by atoms with Gasteiger partial charge >= 0.3 is 5.88 Å². The van der Waals surface area contributed by atoms with Gasteiger partial charge in [-0.1, -0.05) is 0 Å². The number of ether oxygens (including phenoxy) is 1. The van der Waals surface area contributed by atoms with Crippen LogP contribution in [0.25, 0.3) is 0 Å². The molecule has 2 N–H and O–H groups in total. The number of rotatable bonds is 6. The van der Waals surface area contributed by atoms with Crippen LogP contribution in [-0.4, -0.2) is 23.8 Å². The lowest BCUT2D eigenvalue weighted by Crippen LogP contribution is -2.14. The van der Waals surface area contributed by atoms with E-state index < -0.39 is 22.6 Å². The fourth-order valence-corrected chi connectivity index (χ4v) is 2.22. The van der Waals surface area contributed by atoms with Gasteiger partial charge in [-0.2, -0.15) is 0 Å². The predicted octanol–water partition coefficient (Wildman–Crippen LogP) is 3.29. The maximum Gasteiger partial charge on any atom is 0.433 e. The van der Waals surface area contributed by atoms with Crippen LogP contribution in [-0.2, 0) is 0 Å². The van der Waals surface area contributed by atoms with E-state index in [9.17, 15) is 19.7 Å². The normalized spacial score (nSPS) is 10.3. The fraction of sp³-hybridized carbons (Fsp3) is 0.0588. The summed E-state index contributed by atoms with van der Waals surface area (Å²) in [5.74, 6) is -1.53. The van der Waals surface area contributed by atoms with E-state index >= 15 is 0 Å². The van der Waals surface area contributed by atoms with E-state index in [0.717, 1.165) is 6.07 Å². The van der Waals surface area contributed by atoms with Gasteiger partial charge in [0.2, 0.25) is 0 Å². The van der Waals surface area contributed by atoms with Crippen molar-refractivity contribution in [2.75, 3.05) is 17.7 Å². The molecule has 10 heteroatoms. The van der Waals surface area contributed by atoms with Crippen molar-refractivity contribution >= 4 is 29.1 Å². The molecule has 27 heavy (non-hydrogen) atoms. The van der Waals surface area contributed by atoms with Gasteiger partial charge in [-0.3, -0.25) is 19.7 Å². The van der Waals surface area contributed by atoms with Gasteiger partial charge in [0, 0.05) is 5.69 Å². The number of nitrogens with one attached hydrogen (secondary N) is 2. The van der Waals surface area contributed by atoms with Crippen molar-refractivity contribution in [3.63, 3.8) is 0 Å². The Balaban J connectivity index is 1.79. The van der Waals surface area contributed by atoms with E-state index in [1.165, 1.54) is 37.6 Å². The second kappa shape index (κ2) is 7.44. The summed E-state index contributed by atoms with van der Waals surface area (Å²) >= 11 is 0. The lowest BCUT2D eigenvalue weighted by molar-refractivity contribution is -0.402. The number of nitrogens with zero attached hydrogens (tertiary/aromatic N) is 1. The molecular weight excluding hydrogens is 358 g/mol. The summed E-state index contributed by atoms with van der Waals surface area (Å²) in [4.78, 5) is 34.2. The largest absolute Gasteiger partial charge is 0.495 e. The van der Waals surface area contributed by atoms with Gasteiger partial charge < -0.3 is 24.2 Å². The Morgan fingerprint density at radius 3 is 2.48 bits per heavy atom. The number of hydrogen-bond acceptors (Lipinski definition) is 7. The highest BCUT2D eigenvalue weighted by Crippen LogP contribution is 2.29. The molecular formula is C17H13N3O7. The molecule has 3 rings (SSSR count). The number of anilines is 2. The summed E-state index contributed by atoms with van der Waals surface area (Å²) in [6.45, 7) is 0. The number of hydrogen-bond donors (Lipinski definition) is 2. The number of nitro groups is 1. The van der Waals surface area contributed by atoms with E-state index in [2.05, 4.69) is 10.6 Å². The molecule has 0 fully saturated rings. The van der Waals surface area contributed by atoms with Crippen LogP contribution in [0, 0.1) is 10.1 Å². The van der Waals surface area contributed by atoms with Crippen molar-refractivity contribution < 1.29 is 28.1 Å². The Morgan fingerprint density at radius 1 is 1.07 bits per heavy atom. The summed E-state index contributed by atoms with van der Waals surface area (Å²) in [6, 6.07) is 9.93. The van der Waals surface area contributed by atoms with Gasteiger partial charge in [-0.05, 0) is 36.4 Å². The van der Waals surface area contributed by atoms with E-state index in [1.807, 2.05) is 0 Å². The highest BCUT2D eigenvalue weighted by molar-refractivity contribution is 6.05. The monoisotopic (exact) mass is 371 g/mol. The first-order valence-corrected chi connectivity index (χ1v) is 7.56. The molecule has 0 aliphatic rings. The standard InChI is InChI=1S/C17H13N3O7/c1-25-12-5-4-10(18-16(21)13-3-2-8-26-13)9-11(12)19-17(22)14-6-7-15(27-14)20(23)24/h2-9H,1H3,(H,18,21)(H,19,22). The SMILES string of the molecule is COc1ccc(NC(=O)c2ccco2)cc1NC(=O)c1ccc([N+](=O)[O-])o1. The molecule has 2 amide bonds. The van der Waals surface area contributed by atoms with Crippen molar-refractivity contribution in [2.24, 2.45) is 0 Å². The van der Waals surface area contributed by atoms with Crippen molar-refractivity contribution in [3.05, 3.63) is 70.4 Å². The molecule has 2 heterocycles. The van der Waals surface area contributed by atoms with Crippen LogP contribution in [0.3, 0.4) is 0 Å². The average molecular weight is 371 g/mol. The number of amides is 2. The number of carbonyl (C=O) groups excluding carboxylic acids is 2. The molecule has 0 saturated heterocycles. The van der Waals surface area contributed by atoms with Gasteiger partial charge in [0.1, 0.15) is 10.7 Å². The molecule has 1 aromatic carbocycles. The smallest absolute Gasteiger partial charge is 0.433 e. The van der Waals surface area contributed by atoms with Gasteiger partial charge in [-0.15, -0.1) is 0 Å². The minimum atomic E-state index is -0.748. The Kier molecular flexibility index (Phi) is 4.88. The van der Waals surface area contributed by atoms with Crippen molar-refractivity contribution in [1.29, 1.82) is 0 Å². The first-order chi connectivity index (χ1) is 13.0. The quantitative estimate of drug-likeness (QED) is 0.501. The van der Waals surface area contributed by atoms with E-state index in [1.54, 1.807) is 12.1 Å². The maximum absolute atomic E-state index is 12.3. The number of carbonyl (C=O) groups is 2. The minimum absolute atomic E-state index is 0.124. The van der Waals surface area contributed by atoms with Crippen LogP contribution in [0.15, 0.2) is 57.6 Å². The minimum Gasteiger partial charge on any atom is -0.495 e. The molecule has 2 aromatic heterocycles. The third-order valence-electron chi connectivity index (χ3n) is 3.45. The van der Waals surface area contributed by atoms with Gasteiger partial charge in [-0.25, -0.2) is 0 Å². The zero-order valence-electron chi connectivity index (χ0n) is 13.9. The average Bonchev–Trinajstić information content (AvgIpc) is 3.34. The number of methoxy groups -OCH3 is 1. The van der Waals surface area contributed by atoms with E-state index in [4.69, 9.17) is 13.6 Å². The first kappa shape index (κ1) is 17.7. The maximum atomic E-state index is 12.3. The molecule has 0 radical (unpaired) electrons. The van der Waals surface area contributed by atoms with Crippen molar-refractivity contribution in [2.45, 2.75) is 0 Å². The third-order valence-corrected chi connectivity index (χ3v) is 3.45. The summed E-state index contributed by atoms with van der Waals surface area (Å²) in [5.41, 5.74) is 0.608. The van der Waals surface area contributed by atoms with Crippen LogP contribution in [0.2, 0.25) is 0 Å². The second-order valence-corrected chi connectivity index (χ2v) is 5.20. The molecule has 0 aliphatic heterocycles. The molecule has 0 atom stereocenters. The zero-order valence-corrected chi connectivity index (χ0v) is 13.9. The van der Waals surface area contributed by atoms with Crippen LogP contribution in [0.5, 0.6) is 5.75 Å². The molecule has 10 nitrogen and oxygen atoms in total. The van der Waals surface area contributed by atoms with Crippen molar-refractivity contribution in [3.8, 4) is 5.75 Å².